The lowest BCUT2D eigenvalue weighted by Gasteiger charge is -2.07. The van der Waals surface area contributed by atoms with Gasteiger partial charge in [0, 0.05) is 16.1 Å². The lowest BCUT2D eigenvalue weighted by molar-refractivity contribution is -0.385. The zero-order valence-corrected chi connectivity index (χ0v) is 18.8. The summed E-state index contributed by atoms with van der Waals surface area (Å²) in [5.41, 5.74) is 3.80. The number of hydrazone groups is 1. The lowest BCUT2D eigenvalue weighted by atomic mass is 10.2. The van der Waals surface area contributed by atoms with Crippen molar-refractivity contribution >= 4 is 45.3 Å². The van der Waals surface area contributed by atoms with E-state index in [2.05, 4.69) is 31.8 Å². The average molecular weight is 511 g/mol. The SMILES string of the molecule is O=C(CC(=O)Nc1ccccc1Br)NN=Cc1ccc(OCc2ccccc2)c([N+](=O)[O-])c1. The molecule has 3 aromatic carbocycles. The Hall–Kier alpha value is -4.05. The number of hydrogen-bond acceptors (Lipinski definition) is 6. The molecule has 9 nitrogen and oxygen atoms in total. The van der Waals surface area contributed by atoms with Crippen molar-refractivity contribution in [1.82, 2.24) is 5.43 Å². The van der Waals surface area contributed by atoms with E-state index < -0.39 is 23.2 Å². The molecular formula is C23H19BrN4O5. The van der Waals surface area contributed by atoms with Gasteiger partial charge in [-0.3, -0.25) is 19.7 Å². The molecule has 2 amide bonds. The minimum atomic E-state index is -0.631. The molecule has 168 valence electrons. The minimum Gasteiger partial charge on any atom is -0.482 e. The highest BCUT2D eigenvalue weighted by Crippen LogP contribution is 2.28. The molecule has 0 unspecified atom stereocenters. The number of halogens is 1. The molecule has 3 rings (SSSR count). The first kappa shape index (κ1) is 23.6. The van der Waals surface area contributed by atoms with Crippen LogP contribution in [-0.4, -0.2) is 23.0 Å². The van der Waals surface area contributed by atoms with E-state index in [4.69, 9.17) is 4.74 Å². The first-order valence-electron chi connectivity index (χ1n) is 9.74. The Morgan fingerprint density at radius 2 is 1.76 bits per heavy atom. The first-order valence-corrected chi connectivity index (χ1v) is 10.5. The second-order valence-corrected chi connectivity index (χ2v) is 7.61. The van der Waals surface area contributed by atoms with Crippen molar-refractivity contribution in [2.45, 2.75) is 13.0 Å². The summed E-state index contributed by atoms with van der Waals surface area (Å²) in [6.45, 7) is 0.187. The number of amides is 2. The Morgan fingerprint density at radius 1 is 1.03 bits per heavy atom. The molecule has 0 saturated heterocycles. The zero-order chi connectivity index (χ0) is 23.6. The number of ether oxygens (including phenoxy) is 1. The van der Waals surface area contributed by atoms with Gasteiger partial charge >= 0.3 is 5.69 Å². The van der Waals surface area contributed by atoms with Crippen LogP contribution in [0.3, 0.4) is 0 Å². The average Bonchev–Trinajstić information content (AvgIpc) is 2.80. The Kier molecular flexibility index (Phi) is 8.25. The number of nitrogens with zero attached hydrogens (tertiary/aromatic N) is 2. The fourth-order valence-corrected chi connectivity index (χ4v) is 3.12. The van der Waals surface area contributed by atoms with E-state index in [1.165, 1.54) is 18.3 Å². The van der Waals surface area contributed by atoms with Gasteiger partial charge in [-0.15, -0.1) is 0 Å². The van der Waals surface area contributed by atoms with Crippen molar-refractivity contribution in [3.05, 3.63) is 98.5 Å². The molecule has 0 saturated carbocycles. The van der Waals surface area contributed by atoms with Gasteiger partial charge in [0.25, 0.3) is 0 Å². The maximum absolute atomic E-state index is 12.0. The maximum atomic E-state index is 12.0. The highest BCUT2D eigenvalue weighted by Gasteiger charge is 2.16. The standard InChI is InChI=1S/C23H19BrN4O5/c24-18-8-4-5-9-19(18)26-22(29)13-23(30)27-25-14-17-10-11-21(20(12-17)28(31)32)33-15-16-6-2-1-3-7-16/h1-12,14H,13,15H2,(H,26,29)(H,27,30). The van der Waals surface area contributed by atoms with Gasteiger partial charge in [0.15, 0.2) is 5.75 Å². The molecule has 0 aromatic heterocycles. The first-order chi connectivity index (χ1) is 15.9. The van der Waals surface area contributed by atoms with E-state index in [9.17, 15) is 19.7 Å². The summed E-state index contributed by atoms with van der Waals surface area (Å²) in [5.74, 6) is -1.02. The van der Waals surface area contributed by atoms with Crippen LogP contribution in [0.5, 0.6) is 5.75 Å². The number of nitro groups is 1. The Labute approximate surface area is 197 Å². The molecule has 0 aliphatic heterocycles. The number of carbonyl (C=O) groups is 2. The highest BCUT2D eigenvalue weighted by atomic mass is 79.9. The van der Waals surface area contributed by atoms with Crippen molar-refractivity contribution in [3.8, 4) is 5.75 Å². The summed E-state index contributed by atoms with van der Waals surface area (Å²) in [7, 11) is 0. The van der Waals surface area contributed by atoms with Gasteiger partial charge in [-0.1, -0.05) is 42.5 Å². The van der Waals surface area contributed by atoms with E-state index >= 15 is 0 Å². The number of para-hydroxylation sites is 1. The number of nitro benzene ring substituents is 1. The van der Waals surface area contributed by atoms with E-state index in [0.717, 1.165) is 5.56 Å². The molecule has 2 N–H and O–H groups in total. The molecule has 0 bridgehead atoms. The predicted molar refractivity (Wildman–Crippen MR) is 127 cm³/mol. The summed E-state index contributed by atoms with van der Waals surface area (Å²) in [5, 5.41) is 17.8. The summed E-state index contributed by atoms with van der Waals surface area (Å²) in [4.78, 5) is 34.8. The summed E-state index contributed by atoms with van der Waals surface area (Å²) < 4.78 is 6.27. The second-order valence-electron chi connectivity index (χ2n) is 6.76. The van der Waals surface area contributed by atoms with Crippen molar-refractivity contribution in [2.75, 3.05) is 5.32 Å². The van der Waals surface area contributed by atoms with Gasteiger partial charge in [-0.25, -0.2) is 5.43 Å². The molecule has 0 heterocycles. The third kappa shape index (κ3) is 7.25. The van der Waals surface area contributed by atoms with Crippen LogP contribution in [-0.2, 0) is 16.2 Å². The second kappa shape index (κ2) is 11.5. The van der Waals surface area contributed by atoms with Crippen LogP contribution in [0.15, 0.2) is 82.4 Å². The van der Waals surface area contributed by atoms with Gasteiger partial charge in [0.1, 0.15) is 13.0 Å². The molecular weight excluding hydrogens is 492 g/mol. The van der Waals surface area contributed by atoms with Crippen molar-refractivity contribution < 1.29 is 19.2 Å². The van der Waals surface area contributed by atoms with Crippen molar-refractivity contribution in [3.63, 3.8) is 0 Å². The summed E-state index contributed by atoms with van der Waals surface area (Å²) in [6.07, 6.45) is 0.808. The Bertz CT molecular complexity index is 1180. The van der Waals surface area contributed by atoms with Crippen molar-refractivity contribution in [1.29, 1.82) is 0 Å². The number of carbonyl (C=O) groups excluding carboxylic acids is 2. The largest absolute Gasteiger partial charge is 0.482 e. The van der Waals surface area contributed by atoms with E-state index in [1.54, 1.807) is 30.3 Å². The monoisotopic (exact) mass is 510 g/mol. The van der Waals surface area contributed by atoms with Gasteiger partial charge < -0.3 is 10.1 Å². The fraction of sp³-hybridized carbons (Fsp3) is 0.0870. The van der Waals surface area contributed by atoms with E-state index in [-0.39, 0.29) is 18.0 Å². The molecule has 3 aromatic rings. The predicted octanol–water partition coefficient (Wildman–Crippen LogP) is 4.42. The number of benzene rings is 3. The quantitative estimate of drug-likeness (QED) is 0.191. The van der Waals surface area contributed by atoms with Crippen LogP contribution >= 0.6 is 15.9 Å². The van der Waals surface area contributed by atoms with Crippen LogP contribution in [0.4, 0.5) is 11.4 Å². The molecule has 0 fully saturated rings. The van der Waals surface area contributed by atoms with Gasteiger partial charge in [-0.2, -0.15) is 5.10 Å². The number of anilines is 1. The number of hydrogen-bond donors (Lipinski definition) is 2. The van der Waals surface area contributed by atoms with E-state index in [1.807, 2.05) is 30.3 Å². The lowest BCUT2D eigenvalue weighted by Crippen LogP contribution is -2.24. The molecule has 33 heavy (non-hydrogen) atoms. The van der Waals surface area contributed by atoms with Crippen LogP contribution in [0.25, 0.3) is 0 Å². The Balaban J connectivity index is 1.56. The van der Waals surface area contributed by atoms with Crippen LogP contribution in [0.1, 0.15) is 17.5 Å². The van der Waals surface area contributed by atoms with Gasteiger partial charge in [-0.05, 0) is 45.8 Å². The molecule has 0 spiro atoms. The minimum absolute atomic E-state index is 0.119. The van der Waals surface area contributed by atoms with Gasteiger partial charge in [0.05, 0.1) is 16.8 Å². The van der Waals surface area contributed by atoms with E-state index in [0.29, 0.717) is 15.7 Å². The normalized spacial score (nSPS) is 10.6. The fourth-order valence-electron chi connectivity index (χ4n) is 2.74. The topological polar surface area (TPSA) is 123 Å². The van der Waals surface area contributed by atoms with Crippen LogP contribution in [0.2, 0.25) is 0 Å². The van der Waals surface area contributed by atoms with Crippen molar-refractivity contribution in [2.24, 2.45) is 5.10 Å². The maximum Gasteiger partial charge on any atom is 0.311 e. The molecule has 0 radical (unpaired) electrons. The number of rotatable bonds is 9. The molecule has 0 aliphatic rings. The highest BCUT2D eigenvalue weighted by molar-refractivity contribution is 9.10. The molecule has 0 aliphatic carbocycles. The Morgan fingerprint density at radius 3 is 2.48 bits per heavy atom. The zero-order valence-electron chi connectivity index (χ0n) is 17.2. The summed E-state index contributed by atoms with van der Waals surface area (Å²) >= 11 is 3.31. The number of nitrogens with one attached hydrogen (secondary N) is 2. The smallest absolute Gasteiger partial charge is 0.311 e. The molecule has 10 heteroatoms. The van der Waals surface area contributed by atoms with Crippen LogP contribution in [0, 0.1) is 10.1 Å². The third-order valence-corrected chi connectivity index (χ3v) is 4.98. The van der Waals surface area contributed by atoms with Gasteiger partial charge in [0.2, 0.25) is 11.8 Å². The summed E-state index contributed by atoms with van der Waals surface area (Å²) in [6, 6.07) is 20.6. The van der Waals surface area contributed by atoms with Crippen LogP contribution < -0.4 is 15.5 Å². The molecule has 0 atom stereocenters. The third-order valence-electron chi connectivity index (χ3n) is 4.29.